The summed E-state index contributed by atoms with van der Waals surface area (Å²) in [6.45, 7) is 0. The molecule has 56 valence electrons. The Morgan fingerprint density at radius 1 is 1.09 bits per heavy atom. The maximum Gasteiger partial charge on any atom is 0.130 e. The molecule has 1 aliphatic heterocycles. The molecular formula is C8H6OS2. The van der Waals surface area contributed by atoms with Gasteiger partial charge in [0.25, 0.3) is 0 Å². The minimum atomic E-state index is 0.379. The Hall–Kier alpha value is -0.540. The zero-order chi connectivity index (χ0) is 7.68. The summed E-state index contributed by atoms with van der Waals surface area (Å²) in [6.07, 6.45) is 0. The lowest BCUT2D eigenvalue weighted by molar-refractivity contribution is 0.459. The number of benzene rings is 1. The topological polar surface area (TPSA) is 20.2 Å². The van der Waals surface area contributed by atoms with Crippen LogP contribution in [-0.2, 0) is 0 Å². The SMILES string of the molecule is Oc1cccc2c1SC=CS2. The lowest BCUT2D eigenvalue weighted by atomic mass is 10.3. The third-order valence-corrected chi connectivity index (χ3v) is 3.50. The van der Waals surface area contributed by atoms with Crippen LogP contribution in [0.4, 0.5) is 0 Å². The number of fused-ring (bicyclic) bond motifs is 1. The van der Waals surface area contributed by atoms with Crippen molar-refractivity contribution in [2.24, 2.45) is 0 Å². The van der Waals surface area contributed by atoms with Gasteiger partial charge < -0.3 is 5.11 Å². The van der Waals surface area contributed by atoms with Crippen molar-refractivity contribution in [3.05, 3.63) is 29.0 Å². The van der Waals surface area contributed by atoms with Crippen molar-refractivity contribution in [1.82, 2.24) is 0 Å². The van der Waals surface area contributed by atoms with Crippen molar-refractivity contribution in [2.75, 3.05) is 0 Å². The van der Waals surface area contributed by atoms with E-state index in [-0.39, 0.29) is 0 Å². The largest absolute Gasteiger partial charge is 0.507 e. The van der Waals surface area contributed by atoms with Crippen molar-refractivity contribution < 1.29 is 5.11 Å². The van der Waals surface area contributed by atoms with E-state index in [1.165, 1.54) is 0 Å². The van der Waals surface area contributed by atoms with E-state index < -0.39 is 0 Å². The molecule has 0 amide bonds. The van der Waals surface area contributed by atoms with Crippen molar-refractivity contribution in [3.63, 3.8) is 0 Å². The quantitative estimate of drug-likeness (QED) is 0.666. The van der Waals surface area contributed by atoms with E-state index >= 15 is 0 Å². The smallest absolute Gasteiger partial charge is 0.130 e. The minimum absolute atomic E-state index is 0.379. The van der Waals surface area contributed by atoms with Gasteiger partial charge in [0.1, 0.15) is 5.75 Å². The summed E-state index contributed by atoms with van der Waals surface area (Å²) in [5.74, 6) is 0.379. The molecule has 0 saturated heterocycles. The van der Waals surface area contributed by atoms with Gasteiger partial charge in [-0.05, 0) is 22.9 Å². The molecule has 0 aromatic heterocycles. The number of hydrogen-bond acceptors (Lipinski definition) is 3. The summed E-state index contributed by atoms with van der Waals surface area (Å²) in [5.41, 5.74) is 0. The van der Waals surface area contributed by atoms with Gasteiger partial charge in [0.15, 0.2) is 0 Å². The fraction of sp³-hybridized carbons (Fsp3) is 0. The second-order valence-electron chi connectivity index (χ2n) is 2.11. The Kier molecular flexibility index (Phi) is 1.84. The molecule has 0 unspecified atom stereocenters. The molecule has 11 heavy (non-hydrogen) atoms. The molecule has 3 heteroatoms. The second-order valence-corrected chi connectivity index (χ2v) is 3.98. The molecule has 1 nitrogen and oxygen atoms in total. The summed E-state index contributed by atoms with van der Waals surface area (Å²) >= 11 is 3.21. The normalized spacial score (nSPS) is 14.5. The van der Waals surface area contributed by atoms with E-state index in [0.29, 0.717) is 5.75 Å². The summed E-state index contributed by atoms with van der Waals surface area (Å²) in [6, 6.07) is 5.59. The van der Waals surface area contributed by atoms with Gasteiger partial charge in [0.2, 0.25) is 0 Å². The maximum atomic E-state index is 9.39. The lowest BCUT2D eigenvalue weighted by Crippen LogP contribution is -1.79. The fourth-order valence-corrected chi connectivity index (χ4v) is 2.67. The number of aromatic hydroxyl groups is 1. The molecule has 0 radical (unpaired) electrons. The van der Waals surface area contributed by atoms with Crippen LogP contribution in [-0.4, -0.2) is 5.11 Å². The number of phenolic OH excluding ortho intramolecular Hbond substituents is 1. The standard InChI is InChI=1S/C8H6OS2/c9-6-2-1-3-7-8(6)11-5-4-10-7/h1-5,9H. The molecule has 1 heterocycles. The van der Waals surface area contributed by atoms with Crippen LogP contribution in [0.2, 0.25) is 0 Å². The fourth-order valence-electron chi connectivity index (χ4n) is 0.912. The summed E-state index contributed by atoms with van der Waals surface area (Å²) in [4.78, 5) is 2.11. The third kappa shape index (κ3) is 1.26. The summed E-state index contributed by atoms with van der Waals surface area (Å²) < 4.78 is 0. The van der Waals surface area contributed by atoms with Crippen LogP contribution in [0.3, 0.4) is 0 Å². The zero-order valence-electron chi connectivity index (χ0n) is 5.65. The van der Waals surface area contributed by atoms with Crippen LogP contribution in [0.25, 0.3) is 0 Å². The van der Waals surface area contributed by atoms with Crippen LogP contribution in [0.15, 0.2) is 38.8 Å². The number of thioether (sulfide) groups is 2. The van der Waals surface area contributed by atoms with E-state index in [9.17, 15) is 5.11 Å². The van der Waals surface area contributed by atoms with Gasteiger partial charge in [-0.15, -0.1) is 0 Å². The molecule has 1 aromatic rings. The van der Waals surface area contributed by atoms with Gasteiger partial charge in [-0.3, -0.25) is 0 Å². The number of hydrogen-bond donors (Lipinski definition) is 1. The van der Waals surface area contributed by atoms with Crippen molar-refractivity contribution in [2.45, 2.75) is 9.79 Å². The predicted octanol–water partition coefficient (Wildman–Crippen LogP) is 3.06. The molecular weight excluding hydrogens is 176 g/mol. The molecule has 0 fully saturated rings. The third-order valence-electron chi connectivity index (χ3n) is 1.39. The van der Waals surface area contributed by atoms with E-state index in [1.807, 2.05) is 22.9 Å². The molecule has 0 bridgehead atoms. The van der Waals surface area contributed by atoms with Gasteiger partial charge in [0.05, 0.1) is 4.90 Å². The maximum absolute atomic E-state index is 9.39. The van der Waals surface area contributed by atoms with Crippen LogP contribution >= 0.6 is 23.5 Å². The highest BCUT2D eigenvalue weighted by molar-refractivity contribution is 8.08. The van der Waals surface area contributed by atoms with Crippen LogP contribution in [0.5, 0.6) is 5.75 Å². The Morgan fingerprint density at radius 3 is 2.73 bits per heavy atom. The van der Waals surface area contributed by atoms with Crippen LogP contribution < -0.4 is 0 Å². The van der Waals surface area contributed by atoms with Gasteiger partial charge in [-0.1, -0.05) is 29.6 Å². The molecule has 0 spiro atoms. The number of rotatable bonds is 0. The Morgan fingerprint density at radius 2 is 1.91 bits per heavy atom. The molecule has 0 saturated carbocycles. The summed E-state index contributed by atoms with van der Waals surface area (Å²) in [5, 5.41) is 13.4. The first kappa shape index (κ1) is 7.13. The molecule has 1 aromatic carbocycles. The van der Waals surface area contributed by atoms with E-state index in [2.05, 4.69) is 0 Å². The predicted molar refractivity (Wildman–Crippen MR) is 49.0 cm³/mol. The van der Waals surface area contributed by atoms with Gasteiger partial charge in [0, 0.05) is 4.90 Å². The monoisotopic (exact) mass is 182 g/mol. The van der Waals surface area contributed by atoms with Gasteiger partial charge in [-0.2, -0.15) is 0 Å². The number of phenols is 1. The molecule has 2 rings (SSSR count). The molecule has 0 atom stereocenters. The van der Waals surface area contributed by atoms with E-state index in [0.717, 1.165) is 9.79 Å². The molecule has 1 N–H and O–H groups in total. The lowest BCUT2D eigenvalue weighted by Gasteiger charge is -2.09. The van der Waals surface area contributed by atoms with Gasteiger partial charge in [-0.25, -0.2) is 0 Å². The highest BCUT2D eigenvalue weighted by atomic mass is 32.2. The van der Waals surface area contributed by atoms with Crippen molar-refractivity contribution in [3.8, 4) is 5.75 Å². The second kappa shape index (κ2) is 2.83. The molecule has 0 aliphatic carbocycles. The molecule has 1 aliphatic rings. The first-order valence-corrected chi connectivity index (χ1v) is 4.94. The first-order valence-electron chi connectivity index (χ1n) is 3.18. The van der Waals surface area contributed by atoms with E-state index in [1.54, 1.807) is 29.6 Å². The Labute approximate surface area is 73.5 Å². The van der Waals surface area contributed by atoms with Crippen molar-refractivity contribution in [1.29, 1.82) is 0 Å². The average molecular weight is 182 g/mol. The van der Waals surface area contributed by atoms with Crippen LogP contribution in [0, 0.1) is 0 Å². The minimum Gasteiger partial charge on any atom is -0.507 e. The Bertz CT molecular complexity index is 307. The Balaban J connectivity index is 2.54. The van der Waals surface area contributed by atoms with Crippen molar-refractivity contribution >= 4 is 23.5 Å². The summed E-state index contributed by atoms with van der Waals surface area (Å²) in [7, 11) is 0. The van der Waals surface area contributed by atoms with Gasteiger partial charge >= 0.3 is 0 Å². The average Bonchev–Trinajstić information content (AvgIpc) is 2.06. The van der Waals surface area contributed by atoms with Crippen LogP contribution in [0.1, 0.15) is 0 Å². The highest BCUT2D eigenvalue weighted by Gasteiger charge is 2.09. The highest BCUT2D eigenvalue weighted by Crippen LogP contribution is 2.42. The zero-order valence-corrected chi connectivity index (χ0v) is 7.28. The first-order chi connectivity index (χ1) is 5.38. The van der Waals surface area contributed by atoms with E-state index in [4.69, 9.17) is 0 Å².